The van der Waals surface area contributed by atoms with Gasteiger partial charge in [0.25, 0.3) is 0 Å². The molecule has 10 heteroatoms. The number of carboxylic acids is 2. The Balaban J connectivity index is 0.000000340. The van der Waals surface area contributed by atoms with Crippen molar-refractivity contribution in [2.45, 2.75) is 104 Å². The Morgan fingerprint density at radius 1 is 0.676 bits per heavy atom. The molecule has 10 nitrogen and oxygen atoms in total. The molecule has 2 rings (SSSR count). The minimum atomic E-state index is -0.842. The van der Waals surface area contributed by atoms with Gasteiger partial charge in [-0.2, -0.15) is 0 Å². The summed E-state index contributed by atoms with van der Waals surface area (Å²) in [5, 5.41) is 18.1. The first-order chi connectivity index (χ1) is 15.4. The summed E-state index contributed by atoms with van der Waals surface area (Å²) in [4.78, 5) is 48.9. The van der Waals surface area contributed by atoms with Crippen LogP contribution in [0.5, 0.6) is 0 Å². The Labute approximate surface area is 202 Å². The smallest absolute Gasteiger partial charge is 0.410 e. The summed E-state index contributed by atoms with van der Waals surface area (Å²) < 4.78 is 10.5. The number of carbonyl (C=O) groups excluding carboxylic acids is 2. The molecule has 2 fully saturated rings. The van der Waals surface area contributed by atoms with Crippen LogP contribution in [0.4, 0.5) is 9.59 Å². The van der Waals surface area contributed by atoms with E-state index in [1.54, 1.807) is 55.4 Å². The van der Waals surface area contributed by atoms with Gasteiger partial charge in [0.1, 0.15) is 11.2 Å². The standard InChI is InChI=1S/2C12H21NO4/c2*1-8-9(10(14)15)6-5-7-13(8)11(16)17-12(2,3)4/h2*8-9H,5-7H2,1-4H3,(H,14,15)/t2*8-,9+/m10/s1. The quantitative estimate of drug-likeness (QED) is 0.593. The maximum absolute atomic E-state index is 11.9. The molecule has 0 aromatic rings. The largest absolute Gasteiger partial charge is 0.481 e. The summed E-state index contributed by atoms with van der Waals surface area (Å²) in [6.07, 6.45) is 1.82. The number of ether oxygens (including phenoxy) is 2. The molecule has 0 bridgehead atoms. The number of rotatable bonds is 2. The van der Waals surface area contributed by atoms with Crippen molar-refractivity contribution in [2.24, 2.45) is 11.8 Å². The van der Waals surface area contributed by atoms with Gasteiger partial charge in [0.05, 0.1) is 11.8 Å². The fourth-order valence-corrected chi connectivity index (χ4v) is 4.10. The van der Waals surface area contributed by atoms with Crippen molar-refractivity contribution >= 4 is 24.1 Å². The number of likely N-dealkylation sites (tertiary alicyclic amines) is 2. The summed E-state index contributed by atoms with van der Waals surface area (Å²) in [5.74, 6) is -2.66. The lowest BCUT2D eigenvalue weighted by molar-refractivity contribution is -0.146. The van der Waals surface area contributed by atoms with Crippen LogP contribution in [0.25, 0.3) is 0 Å². The molecule has 0 saturated carbocycles. The van der Waals surface area contributed by atoms with Gasteiger partial charge in [-0.05, 0) is 81.1 Å². The molecule has 2 heterocycles. The number of hydrogen-bond acceptors (Lipinski definition) is 6. The number of aliphatic carboxylic acids is 2. The molecule has 0 unspecified atom stereocenters. The molecule has 34 heavy (non-hydrogen) atoms. The molecular formula is C24H42N2O8. The number of carboxylic acid groups (broad SMARTS) is 2. The molecule has 0 radical (unpaired) electrons. The van der Waals surface area contributed by atoms with Crippen LogP contribution in [-0.4, -0.2) is 80.5 Å². The topological polar surface area (TPSA) is 134 Å². The Hall–Kier alpha value is -2.52. The highest BCUT2D eigenvalue weighted by atomic mass is 16.6. The molecule has 0 aromatic carbocycles. The molecule has 0 spiro atoms. The van der Waals surface area contributed by atoms with Crippen LogP contribution >= 0.6 is 0 Å². The average Bonchev–Trinajstić information content (AvgIpc) is 2.65. The van der Waals surface area contributed by atoms with Gasteiger partial charge in [0, 0.05) is 25.2 Å². The maximum Gasteiger partial charge on any atom is 0.410 e. The molecule has 196 valence electrons. The second-order valence-corrected chi connectivity index (χ2v) is 11.0. The Morgan fingerprint density at radius 3 is 1.21 bits per heavy atom. The van der Waals surface area contributed by atoms with Crippen LogP contribution in [0.3, 0.4) is 0 Å². The molecule has 2 amide bonds. The second-order valence-electron chi connectivity index (χ2n) is 11.0. The van der Waals surface area contributed by atoms with Crippen molar-refractivity contribution in [1.82, 2.24) is 9.80 Å². The molecule has 0 aromatic heterocycles. The SMILES string of the molecule is C[C@@H]1[C@@H](C(=O)O)CCCN1C(=O)OC(C)(C)C.C[C@H]1[C@H](C(=O)O)CCCN1C(=O)OC(C)(C)C. The fraction of sp³-hybridized carbons (Fsp3) is 0.833. The predicted molar refractivity (Wildman–Crippen MR) is 126 cm³/mol. The van der Waals surface area contributed by atoms with E-state index in [2.05, 4.69) is 0 Å². The highest BCUT2D eigenvalue weighted by Gasteiger charge is 2.38. The maximum atomic E-state index is 11.9. The first-order valence-corrected chi connectivity index (χ1v) is 11.9. The van der Waals surface area contributed by atoms with E-state index in [4.69, 9.17) is 19.7 Å². The molecule has 2 aliphatic rings. The van der Waals surface area contributed by atoms with Crippen LogP contribution < -0.4 is 0 Å². The summed E-state index contributed by atoms with van der Waals surface area (Å²) >= 11 is 0. The number of piperidine rings is 2. The summed E-state index contributed by atoms with van der Waals surface area (Å²) in [7, 11) is 0. The van der Waals surface area contributed by atoms with Crippen molar-refractivity contribution in [3.8, 4) is 0 Å². The van der Waals surface area contributed by atoms with Crippen LogP contribution in [0.1, 0.15) is 81.1 Å². The van der Waals surface area contributed by atoms with E-state index in [0.717, 1.165) is 0 Å². The first-order valence-electron chi connectivity index (χ1n) is 11.9. The Morgan fingerprint density at radius 2 is 0.971 bits per heavy atom. The lowest BCUT2D eigenvalue weighted by Crippen LogP contribution is -2.50. The van der Waals surface area contributed by atoms with Crippen LogP contribution in [-0.2, 0) is 19.1 Å². The number of hydrogen-bond donors (Lipinski definition) is 2. The van der Waals surface area contributed by atoms with Gasteiger partial charge in [-0.15, -0.1) is 0 Å². The monoisotopic (exact) mass is 486 g/mol. The van der Waals surface area contributed by atoms with Crippen molar-refractivity contribution in [1.29, 1.82) is 0 Å². The zero-order valence-electron chi connectivity index (χ0n) is 21.8. The van der Waals surface area contributed by atoms with Crippen molar-refractivity contribution in [3.63, 3.8) is 0 Å². The highest BCUT2D eigenvalue weighted by Crippen LogP contribution is 2.26. The number of carbonyl (C=O) groups is 4. The van der Waals surface area contributed by atoms with E-state index in [1.165, 1.54) is 9.80 Å². The third-order valence-electron chi connectivity index (χ3n) is 5.87. The minimum absolute atomic E-state index is 0.309. The average molecular weight is 487 g/mol. The van der Waals surface area contributed by atoms with Crippen LogP contribution in [0.15, 0.2) is 0 Å². The van der Waals surface area contributed by atoms with E-state index in [-0.39, 0.29) is 12.1 Å². The molecule has 0 aliphatic carbocycles. The van der Waals surface area contributed by atoms with Gasteiger partial charge in [-0.25, -0.2) is 9.59 Å². The van der Waals surface area contributed by atoms with Gasteiger partial charge >= 0.3 is 24.1 Å². The van der Waals surface area contributed by atoms with Crippen LogP contribution in [0, 0.1) is 11.8 Å². The summed E-state index contributed by atoms with van der Waals surface area (Å²) in [6.45, 7) is 15.5. The van der Waals surface area contributed by atoms with Crippen molar-refractivity contribution in [3.05, 3.63) is 0 Å². The summed E-state index contributed by atoms with van der Waals surface area (Å²) in [5.41, 5.74) is -1.10. The minimum Gasteiger partial charge on any atom is -0.481 e. The van der Waals surface area contributed by atoms with E-state index in [1.807, 2.05) is 0 Å². The number of amides is 2. The lowest BCUT2D eigenvalue weighted by Gasteiger charge is -2.38. The molecular weight excluding hydrogens is 444 g/mol. The fourth-order valence-electron chi connectivity index (χ4n) is 4.10. The zero-order chi connectivity index (χ0) is 26.4. The molecule has 2 saturated heterocycles. The molecule has 4 atom stereocenters. The van der Waals surface area contributed by atoms with Crippen molar-refractivity contribution < 1.29 is 38.9 Å². The van der Waals surface area contributed by atoms with Gasteiger partial charge in [-0.3, -0.25) is 9.59 Å². The van der Waals surface area contributed by atoms with Gasteiger partial charge in [0.2, 0.25) is 0 Å². The first kappa shape index (κ1) is 29.5. The predicted octanol–water partition coefficient (Wildman–Crippen LogP) is 4.21. The lowest BCUT2D eigenvalue weighted by atomic mass is 9.91. The Kier molecular flexibility index (Phi) is 10.2. The second kappa shape index (κ2) is 11.8. The van der Waals surface area contributed by atoms with E-state index in [9.17, 15) is 19.2 Å². The van der Waals surface area contributed by atoms with Crippen molar-refractivity contribution in [2.75, 3.05) is 13.1 Å². The van der Waals surface area contributed by atoms with Gasteiger partial charge in [0.15, 0.2) is 0 Å². The molecule has 2 N–H and O–H groups in total. The third kappa shape index (κ3) is 9.02. The van der Waals surface area contributed by atoms with E-state index in [0.29, 0.717) is 38.8 Å². The Bertz CT molecular complexity index is 678. The summed E-state index contributed by atoms with van der Waals surface area (Å²) in [6, 6.07) is -0.618. The third-order valence-corrected chi connectivity index (χ3v) is 5.87. The molecule has 2 aliphatic heterocycles. The van der Waals surface area contributed by atoms with E-state index < -0.39 is 47.2 Å². The highest BCUT2D eigenvalue weighted by molar-refractivity contribution is 5.75. The van der Waals surface area contributed by atoms with Gasteiger partial charge < -0.3 is 29.5 Å². The number of nitrogens with zero attached hydrogens (tertiary/aromatic N) is 2. The van der Waals surface area contributed by atoms with E-state index >= 15 is 0 Å². The van der Waals surface area contributed by atoms with Crippen LogP contribution in [0.2, 0.25) is 0 Å². The van der Waals surface area contributed by atoms with Gasteiger partial charge in [-0.1, -0.05) is 0 Å². The normalized spacial score (nSPS) is 25.5. The zero-order valence-corrected chi connectivity index (χ0v) is 21.8.